The smallest absolute Gasteiger partial charge is 0.387 e. The fourth-order valence-electron chi connectivity index (χ4n) is 1.66. The first kappa shape index (κ1) is 14.9. The fraction of sp³-hybridized carbons (Fsp3) is 0.538. The van der Waals surface area contributed by atoms with Crippen molar-refractivity contribution in [3.05, 3.63) is 29.8 Å². The van der Waals surface area contributed by atoms with Crippen molar-refractivity contribution in [3.8, 4) is 5.75 Å². The predicted molar refractivity (Wildman–Crippen MR) is 68.0 cm³/mol. The highest BCUT2D eigenvalue weighted by atomic mass is 19.3. The second-order valence-corrected chi connectivity index (χ2v) is 4.40. The van der Waals surface area contributed by atoms with Gasteiger partial charge in [0.2, 0.25) is 0 Å². The molecule has 1 unspecified atom stereocenters. The summed E-state index contributed by atoms with van der Waals surface area (Å²) in [6.07, 6.45) is 0. The number of ether oxygens (including phenoxy) is 1. The molecule has 1 atom stereocenters. The summed E-state index contributed by atoms with van der Waals surface area (Å²) >= 11 is 0. The van der Waals surface area contributed by atoms with Gasteiger partial charge in [-0.1, -0.05) is 18.2 Å². The first-order chi connectivity index (χ1) is 8.50. The van der Waals surface area contributed by atoms with Crippen molar-refractivity contribution in [3.63, 3.8) is 0 Å². The molecule has 0 amide bonds. The van der Waals surface area contributed by atoms with Crippen LogP contribution in [-0.4, -0.2) is 38.7 Å². The molecule has 1 aromatic rings. The number of alkyl halides is 2. The first-order valence-corrected chi connectivity index (χ1v) is 5.92. The largest absolute Gasteiger partial charge is 0.434 e. The molecule has 0 spiro atoms. The quantitative estimate of drug-likeness (QED) is 0.813. The van der Waals surface area contributed by atoms with Gasteiger partial charge in [-0.2, -0.15) is 8.78 Å². The van der Waals surface area contributed by atoms with Crippen LogP contribution in [0.4, 0.5) is 8.78 Å². The number of para-hydroxylation sites is 1. The van der Waals surface area contributed by atoms with Gasteiger partial charge in [-0.05, 0) is 27.1 Å². The Balaban J connectivity index is 2.63. The van der Waals surface area contributed by atoms with Crippen molar-refractivity contribution in [1.82, 2.24) is 10.2 Å². The van der Waals surface area contributed by atoms with Crippen LogP contribution in [0.25, 0.3) is 0 Å². The summed E-state index contributed by atoms with van der Waals surface area (Å²) < 4.78 is 29.1. The average molecular weight is 258 g/mol. The van der Waals surface area contributed by atoms with Crippen LogP contribution in [0.2, 0.25) is 0 Å². The zero-order chi connectivity index (χ0) is 13.5. The zero-order valence-corrected chi connectivity index (χ0v) is 11.0. The van der Waals surface area contributed by atoms with Crippen molar-refractivity contribution >= 4 is 0 Å². The minimum absolute atomic E-state index is 0.0279. The lowest BCUT2D eigenvalue weighted by Crippen LogP contribution is -2.28. The number of hydrogen-bond donors (Lipinski definition) is 1. The molecule has 0 fully saturated rings. The summed E-state index contributed by atoms with van der Waals surface area (Å²) in [5.74, 6) is 0.234. The van der Waals surface area contributed by atoms with E-state index in [1.165, 1.54) is 0 Å². The number of hydrogen-bond acceptors (Lipinski definition) is 3. The fourth-order valence-corrected chi connectivity index (χ4v) is 1.66. The molecule has 5 heteroatoms. The second-order valence-electron chi connectivity index (χ2n) is 4.40. The standard InChI is InChI=1S/C13H20F2N2O/c1-10(16-8-9-17(2)3)11-6-4-5-7-12(11)18-13(14)15/h4-7,10,13,16H,8-9H2,1-3H3. The Hall–Kier alpha value is -1.20. The van der Waals surface area contributed by atoms with E-state index < -0.39 is 6.61 Å². The van der Waals surface area contributed by atoms with Crippen LogP contribution in [0.3, 0.4) is 0 Å². The molecule has 0 aliphatic heterocycles. The van der Waals surface area contributed by atoms with Gasteiger partial charge in [-0.15, -0.1) is 0 Å². The predicted octanol–water partition coefficient (Wildman–Crippen LogP) is 2.50. The van der Waals surface area contributed by atoms with Gasteiger partial charge >= 0.3 is 6.61 Å². The molecule has 102 valence electrons. The number of rotatable bonds is 7. The lowest BCUT2D eigenvalue weighted by atomic mass is 10.1. The van der Waals surface area contributed by atoms with Gasteiger partial charge in [0.15, 0.2) is 0 Å². The molecule has 0 heterocycles. The maximum Gasteiger partial charge on any atom is 0.387 e. The Morgan fingerprint density at radius 1 is 1.28 bits per heavy atom. The minimum atomic E-state index is -2.79. The summed E-state index contributed by atoms with van der Waals surface area (Å²) in [4.78, 5) is 2.06. The van der Waals surface area contributed by atoms with Crippen LogP contribution in [0, 0.1) is 0 Å². The summed E-state index contributed by atoms with van der Waals surface area (Å²) in [5, 5.41) is 3.28. The summed E-state index contributed by atoms with van der Waals surface area (Å²) in [6.45, 7) is 0.822. The van der Waals surface area contributed by atoms with Crippen LogP contribution in [0.1, 0.15) is 18.5 Å². The monoisotopic (exact) mass is 258 g/mol. The third-order valence-electron chi connectivity index (χ3n) is 2.61. The molecule has 0 aliphatic carbocycles. The van der Waals surface area contributed by atoms with Gasteiger partial charge in [0.05, 0.1) is 0 Å². The molecule has 0 bridgehead atoms. The number of nitrogens with zero attached hydrogens (tertiary/aromatic N) is 1. The SMILES string of the molecule is CC(NCCN(C)C)c1ccccc1OC(F)F. The normalized spacial score (nSPS) is 13.1. The Morgan fingerprint density at radius 2 is 1.94 bits per heavy atom. The van der Waals surface area contributed by atoms with E-state index in [1.54, 1.807) is 18.2 Å². The summed E-state index contributed by atoms with van der Waals surface area (Å²) in [6, 6.07) is 6.84. The average Bonchev–Trinajstić information content (AvgIpc) is 2.28. The Morgan fingerprint density at radius 3 is 2.56 bits per heavy atom. The molecule has 0 radical (unpaired) electrons. The third kappa shape index (κ3) is 4.98. The topological polar surface area (TPSA) is 24.5 Å². The second kappa shape index (κ2) is 7.28. The van der Waals surface area contributed by atoms with Crippen LogP contribution in [0.5, 0.6) is 5.75 Å². The summed E-state index contributed by atoms with van der Waals surface area (Å²) in [7, 11) is 3.97. The van der Waals surface area contributed by atoms with Crippen molar-refractivity contribution in [2.75, 3.05) is 27.2 Å². The number of likely N-dealkylation sites (N-methyl/N-ethyl adjacent to an activating group) is 1. The number of benzene rings is 1. The van der Waals surface area contributed by atoms with E-state index in [-0.39, 0.29) is 11.8 Å². The highest BCUT2D eigenvalue weighted by molar-refractivity contribution is 5.35. The molecule has 1 N–H and O–H groups in total. The molecule has 0 saturated carbocycles. The van der Waals surface area contributed by atoms with Gasteiger partial charge in [-0.25, -0.2) is 0 Å². The van der Waals surface area contributed by atoms with E-state index in [1.807, 2.05) is 27.1 Å². The zero-order valence-electron chi connectivity index (χ0n) is 11.0. The first-order valence-electron chi connectivity index (χ1n) is 5.92. The molecule has 1 rings (SSSR count). The van der Waals surface area contributed by atoms with E-state index in [2.05, 4.69) is 15.0 Å². The Labute approximate surface area is 107 Å². The molecule has 18 heavy (non-hydrogen) atoms. The maximum absolute atomic E-state index is 12.3. The molecule has 0 saturated heterocycles. The van der Waals surface area contributed by atoms with Crippen LogP contribution < -0.4 is 10.1 Å². The van der Waals surface area contributed by atoms with Gasteiger partial charge < -0.3 is 15.0 Å². The van der Waals surface area contributed by atoms with Crippen molar-refractivity contribution in [2.45, 2.75) is 19.6 Å². The van der Waals surface area contributed by atoms with Crippen molar-refractivity contribution in [1.29, 1.82) is 0 Å². The molecule has 0 aromatic heterocycles. The van der Waals surface area contributed by atoms with Gasteiger partial charge in [-0.3, -0.25) is 0 Å². The number of nitrogens with one attached hydrogen (secondary N) is 1. The highest BCUT2D eigenvalue weighted by Crippen LogP contribution is 2.25. The van der Waals surface area contributed by atoms with E-state index in [0.29, 0.717) is 0 Å². The van der Waals surface area contributed by atoms with E-state index in [0.717, 1.165) is 18.7 Å². The van der Waals surface area contributed by atoms with E-state index in [9.17, 15) is 8.78 Å². The van der Waals surface area contributed by atoms with Crippen molar-refractivity contribution in [2.24, 2.45) is 0 Å². The summed E-state index contributed by atoms with van der Waals surface area (Å²) in [5.41, 5.74) is 0.747. The van der Waals surface area contributed by atoms with Gasteiger partial charge in [0.25, 0.3) is 0 Å². The van der Waals surface area contributed by atoms with Gasteiger partial charge in [0, 0.05) is 24.7 Å². The number of halogens is 2. The molecule has 1 aromatic carbocycles. The molecule has 3 nitrogen and oxygen atoms in total. The van der Waals surface area contributed by atoms with Gasteiger partial charge in [0.1, 0.15) is 5.75 Å². The Kier molecular flexibility index (Phi) is 6.01. The lowest BCUT2D eigenvalue weighted by molar-refractivity contribution is -0.0506. The molecular formula is C13H20F2N2O. The minimum Gasteiger partial charge on any atom is -0.434 e. The Bertz CT molecular complexity index is 359. The van der Waals surface area contributed by atoms with Crippen LogP contribution in [-0.2, 0) is 0 Å². The lowest BCUT2D eigenvalue weighted by Gasteiger charge is -2.19. The van der Waals surface area contributed by atoms with Crippen LogP contribution >= 0.6 is 0 Å². The maximum atomic E-state index is 12.3. The van der Waals surface area contributed by atoms with E-state index >= 15 is 0 Å². The third-order valence-corrected chi connectivity index (χ3v) is 2.61. The molecular weight excluding hydrogens is 238 g/mol. The van der Waals surface area contributed by atoms with Crippen LogP contribution in [0.15, 0.2) is 24.3 Å². The van der Waals surface area contributed by atoms with Crippen molar-refractivity contribution < 1.29 is 13.5 Å². The van der Waals surface area contributed by atoms with E-state index in [4.69, 9.17) is 0 Å². The molecule has 0 aliphatic rings. The highest BCUT2D eigenvalue weighted by Gasteiger charge is 2.13.